The van der Waals surface area contributed by atoms with Crippen molar-refractivity contribution in [3.8, 4) is 0 Å². The maximum absolute atomic E-state index is 5.27. The van der Waals surface area contributed by atoms with E-state index in [2.05, 4.69) is 43.4 Å². The van der Waals surface area contributed by atoms with Gasteiger partial charge in [-0.3, -0.25) is 0 Å². The predicted molar refractivity (Wildman–Crippen MR) is 80.0 cm³/mol. The van der Waals surface area contributed by atoms with Gasteiger partial charge in [0.1, 0.15) is 0 Å². The number of hydrogen-bond acceptors (Lipinski definition) is 2. The van der Waals surface area contributed by atoms with Crippen molar-refractivity contribution in [1.29, 1.82) is 0 Å². The first kappa shape index (κ1) is 14.5. The molecule has 0 heterocycles. The fourth-order valence-corrected chi connectivity index (χ4v) is 3.15. The predicted octanol–water partition coefficient (Wildman–Crippen LogP) is 3.89. The molecule has 19 heavy (non-hydrogen) atoms. The van der Waals surface area contributed by atoms with Crippen molar-refractivity contribution in [3.63, 3.8) is 0 Å². The second-order valence-corrected chi connectivity index (χ2v) is 6.54. The molecule has 0 bridgehead atoms. The molecule has 1 aliphatic carbocycles. The Hall–Kier alpha value is -0.860. The van der Waals surface area contributed by atoms with E-state index in [1.54, 1.807) is 7.11 Å². The van der Waals surface area contributed by atoms with Crippen molar-refractivity contribution in [2.75, 3.05) is 7.11 Å². The minimum atomic E-state index is 0.502. The molecule has 2 rings (SSSR count). The average molecular weight is 261 g/mol. The third-order valence-electron chi connectivity index (χ3n) is 4.20. The maximum Gasteiger partial charge on any atom is 0.0716 e. The highest BCUT2D eigenvalue weighted by molar-refractivity contribution is 5.26. The summed E-state index contributed by atoms with van der Waals surface area (Å²) in [5, 5.41) is 3.74. The SMILES string of the molecule is COCc1ccccc1CNC1CCCC(C)(C)C1. The molecule has 2 nitrogen and oxygen atoms in total. The second kappa shape index (κ2) is 6.53. The van der Waals surface area contributed by atoms with Gasteiger partial charge in [0.05, 0.1) is 6.61 Å². The van der Waals surface area contributed by atoms with Crippen molar-refractivity contribution in [2.45, 2.75) is 58.7 Å². The molecule has 0 aliphatic heterocycles. The Labute approximate surface area is 117 Å². The van der Waals surface area contributed by atoms with Crippen molar-refractivity contribution in [3.05, 3.63) is 35.4 Å². The zero-order valence-corrected chi connectivity index (χ0v) is 12.5. The number of benzene rings is 1. The lowest BCUT2D eigenvalue weighted by Gasteiger charge is -2.35. The summed E-state index contributed by atoms with van der Waals surface area (Å²) in [6, 6.07) is 9.22. The van der Waals surface area contributed by atoms with E-state index < -0.39 is 0 Å². The smallest absolute Gasteiger partial charge is 0.0716 e. The summed E-state index contributed by atoms with van der Waals surface area (Å²) in [7, 11) is 1.76. The summed E-state index contributed by atoms with van der Waals surface area (Å²) in [5.41, 5.74) is 3.17. The largest absolute Gasteiger partial charge is 0.380 e. The molecule has 1 unspecified atom stereocenters. The van der Waals surface area contributed by atoms with Crippen molar-refractivity contribution in [2.24, 2.45) is 5.41 Å². The fourth-order valence-electron chi connectivity index (χ4n) is 3.15. The van der Waals surface area contributed by atoms with Gasteiger partial charge < -0.3 is 10.1 Å². The van der Waals surface area contributed by atoms with E-state index in [0.717, 1.165) is 6.54 Å². The zero-order valence-electron chi connectivity index (χ0n) is 12.5. The summed E-state index contributed by atoms with van der Waals surface area (Å²) in [5.74, 6) is 0. The molecule has 0 amide bonds. The van der Waals surface area contributed by atoms with Gasteiger partial charge in [-0.2, -0.15) is 0 Å². The van der Waals surface area contributed by atoms with Crippen LogP contribution in [0.2, 0.25) is 0 Å². The van der Waals surface area contributed by atoms with Gasteiger partial charge in [0, 0.05) is 19.7 Å². The molecule has 0 aromatic heterocycles. The lowest BCUT2D eigenvalue weighted by Crippen LogP contribution is -2.37. The van der Waals surface area contributed by atoms with Gasteiger partial charge in [0.25, 0.3) is 0 Å². The molecule has 1 aliphatic rings. The molecule has 0 spiro atoms. The van der Waals surface area contributed by atoms with Gasteiger partial charge in [-0.25, -0.2) is 0 Å². The standard InChI is InChI=1S/C17H27NO/c1-17(2)10-6-9-16(11-17)18-12-14-7-4-5-8-15(14)13-19-3/h4-5,7-8,16,18H,6,9-13H2,1-3H3. The van der Waals surface area contributed by atoms with E-state index in [1.165, 1.54) is 36.8 Å². The molecule has 1 aromatic rings. The highest BCUT2D eigenvalue weighted by Crippen LogP contribution is 2.35. The minimum absolute atomic E-state index is 0.502. The van der Waals surface area contributed by atoms with Gasteiger partial charge in [0.2, 0.25) is 0 Å². The maximum atomic E-state index is 5.27. The van der Waals surface area contributed by atoms with E-state index in [1.807, 2.05) is 0 Å². The van der Waals surface area contributed by atoms with E-state index in [-0.39, 0.29) is 0 Å². The van der Waals surface area contributed by atoms with Gasteiger partial charge in [0.15, 0.2) is 0 Å². The quantitative estimate of drug-likeness (QED) is 0.868. The lowest BCUT2D eigenvalue weighted by molar-refractivity contribution is 0.182. The van der Waals surface area contributed by atoms with Crippen LogP contribution in [0.15, 0.2) is 24.3 Å². The van der Waals surface area contributed by atoms with E-state index in [9.17, 15) is 0 Å². The number of nitrogens with one attached hydrogen (secondary N) is 1. The average Bonchev–Trinajstić information content (AvgIpc) is 2.37. The molecule has 1 aromatic carbocycles. The minimum Gasteiger partial charge on any atom is -0.380 e. The summed E-state index contributed by atoms with van der Waals surface area (Å²) < 4.78 is 5.27. The van der Waals surface area contributed by atoms with Crippen molar-refractivity contribution < 1.29 is 4.74 Å². The van der Waals surface area contributed by atoms with Crippen LogP contribution in [0.1, 0.15) is 50.7 Å². The third kappa shape index (κ3) is 4.32. The van der Waals surface area contributed by atoms with Crippen LogP contribution in [-0.4, -0.2) is 13.2 Å². The Morgan fingerprint density at radius 1 is 1.26 bits per heavy atom. The van der Waals surface area contributed by atoms with Crippen LogP contribution in [-0.2, 0) is 17.9 Å². The van der Waals surface area contributed by atoms with E-state index in [4.69, 9.17) is 4.74 Å². The number of hydrogen-bond donors (Lipinski definition) is 1. The summed E-state index contributed by atoms with van der Waals surface area (Å²) in [6.07, 6.45) is 5.32. The Morgan fingerprint density at radius 3 is 2.68 bits per heavy atom. The Morgan fingerprint density at radius 2 is 2.00 bits per heavy atom. The molecule has 1 fully saturated rings. The van der Waals surface area contributed by atoms with Gasteiger partial charge in [-0.1, -0.05) is 44.5 Å². The summed E-state index contributed by atoms with van der Waals surface area (Å²) in [6.45, 7) is 6.44. The number of rotatable bonds is 5. The monoisotopic (exact) mass is 261 g/mol. The Bertz CT molecular complexity index is 400. The zero-order chi connectivity index (χ0) is 13.7. The normalized spacial score (nSPS) is 22.4. The van der Waals surface area contributed by atoms with Gasteiger partial charge >= 0.3 is 0 Å². The fraction of sp³-hybridized carbons (Fsp3) is 0.647. The van der Waals surface area contributed by atoms with Crippen LogP contribution in [0, 0.1) is 5.41 Å². The number of methoxy groups -OCH3 is 1. The van der Waals surface area contributed by atoms with Gasteiger partial charge in [-0.15, -0.1) is 0 Å². The first-order valence-electron chi connectivity index (χ1n) is 7.40. The number of ether oxygens (including phenoxy) is 1. The topological polar surface area (TPSA) is 21.3 Å². The molecule has 0 radical (unpaired) electrons. The Balaban J connectivity index is 1.91. The van der Waals surface area contributed by atoms with Crippen molar-refractivity contribution in [1.82, 2.24) is 5.32 Å². The molecule has 0 saturated heterocycles. The van der Waals surface area contributed by atoms with Crippen molar-refractivity contribution >= 4 is 0 Å². The first-order chi connectivity index (χ1) is 9.11. The lowest BCUT2D eigenvalue weighted by atomic mass is 9.75. The molecule has 106 valence electrons. The van der Waals surface area contributed by atoms with Crippen LogP contribution in [0.4, 0.5) is 0 Å². The molecule has 1 saturated carbocycles. The molecule has 1 atom stereocenters. The van der Waals surface area contributed by atoms with Crippen LogP contribution >= 0.6 is 0 Å². The molecule has 1 N–H and O–H groups in total. The summed E-state index contributed by atoms with van der Waals surface area (Å²) in [4.78, 5) is 0. The van der Waals surface area contributed by atoms with Gasteiger partial charge in [-0.05, 0) is 35.8 Å². The van der Waals surface area contributed by atoms with Crippen LogP contribution in [0.3, 0.4) is 0 Å². The van der Waals surface area contributed by atoms with Crippen LogP contribution in [0.25, 0.3) is 0 Å². The Kier molecular flexibility index (Phi) is 5.00. The first-order valence-corrected chi connectivity index (χ1v) is 7.40. The molecular weight excluding hydrogens is 234 g/mol. The highest BCUT2D eigenvalue weighted by Gasteiger charge is 2.27. The second-order valence-electron chi connectivity index (χ2n) is 6.54. The summed E-state index contributed by atoms with van der Waals surface area (Å²) >= 11 is 0. The van der Waals surface area contributed by atoms with Crippen LogP contribution < -0.4 is 5.32 Å². The van der Waals surface area contributed by atoms with E-state index >= 15 is 0 Å². The molecular formula is C17H27NO. The highest BCUT2D eigenvalue weighted by atomic mass is 16.5. The van der Waals surface area contributed by atoms with E-state index in [0.29, 0.717) is 18.1 Å². The van der Waals surface area contributed by atoms with Crippen LogP contribution in [0.5, 0.6) is 0 Å². The molecule has 2 heteroatoms. The third-order valence-corrected chi connectivity index (χ3v) is 4.20.